The average Bonchev–Trinajstić information content (AvgIpc) is 2.81. The maximum absolute atomic E-state index is 10.0. The number of aliphatic hydroxyl groups is 8. The average molecular weight is 450 g/mol. The van der Waals surface area contributed by atoms with Gasteiger partial charge in [0.1, 0.15) is 61.0 Å². The lowest BCUT2D eigenvalue weighted by atomic mass is 9.95. The van der Waals surface area contributed by atoms with E-state index in [1.807, 2.05) is 0 Å². The van der Waals surface area contributed by atoms with Crippen LogP contribution >= 0.6 is 0 Å². The topological polar surface area (TPSA) is 180 Å². The summed E-state index contributed by atoms with van der Waals surface area (Å²) >= 11 is 0. The molecule has 2 fully saturated rings. The molecule has 174 valence electrons. The lowest BCUT2D eigenvalue weighted by molar-refractivity contribution is -0.214. The molecule has 0 aromatic heterocycles. The normalized spacial score (nSPS) is 39.4. The van der Waals surface area contributed by atoms with Gasteiger partial charge in [-0.15, -0.1) is 0 Å². The van der Waals surface area contributed by atoms with E-state index in [-0.39, 0.29) is 0 Å². The smallest absolute Gasteiger partial charge is 0.147 e. The van der Waals surface area contributed by atoms with Crippen LogP contribution in [0.1, 0.15) is 11.1 Å². The quantitative estimate of drug-likeness (QED) is 0.207. The van der Waals surface area contributed by atoms with Gasteiger partial charge in [-0.2, -0.15) is 0 Å². The first kappa shape index (κ1) is 24.6. The highest BCUT2D eigenvalue weighted by Gasteiger charge is 2.43. The Labute approximate surface area is 184 Å². The molecule has 2 saturated heterocycles. The monoisotopic (exact) mass is 450 g/mol. The zero-order chi connectivity index (χ0) is 23.4. The largest absolute Gasteiger partial charge is 0.394 e. The summed E-state index contributed by atoms with van der Waals surface area (Å²) in [5.41, 5.74) is 1.08. The predicted octanol–water partition coefficient (Wildman–Crippen LogP) is -3.93. The van der Waals surface area contributed by atoms with Gasteiger partial charge in [0.25, 0.3) is 0 Å². The van der Waals surface area contributed by atoms with Crippen LogP contribution in [-0.4, -0.2) is 115 Å². The van der Waals surface area contributed by atoms with E-state index in [1.165, 1.54) is 0 Å². The van der Waals surface area contributed by atoms with Crippen molar-refractivity contribution < 1.29 is 50.3 Å². The van der Waals surface area contributed by atoms with E-state index in [0.29, 0.717) is 11.1 Å². The third kappa shape index (κ3) is 5.29. The molecule has 3 rings (SSSR count). The highest BCUT2D eigenvalue weighted by atomic mass is 16.5. The van der Waals surface area contributed by atoms with Crippen LogP contribution in [0.3, 0.4) is 0 Å². The van der Waals surface area contributed by atoms with Gasteiger partial charge in [-0.1, -0.05) is 23.7 Å². The summed E-state index contributed by atoms with van der Waals surface area (Å²) in [6, 6.07) is 6.53. The first-order valence-corrected chi connectivity index (χ1v) is 10.0. The summed E-state index contributed by atoms with van der Waals surface area (Å²) < 4.78 is 10.7. The minimum absolute atomic E-state index is 0.537. The van der Waals surface area contributed by atoms with Crippen LogP contribution in [0.15, 0.2) is 24.3 Å². The molecule has 0 spiro atoms. The van der Waals surface area contributed by atoms with E-state index in [9.17, 15) is 40.9 Å². The SMILES string of the molecule is OC[C@H]1O[C@H](C#Cc2ccc(C#C[C@H]3O[C@H](CO)[C@@H](O)[C@H](O)[C@@H]3O)cc2)[C@@H](O)[C@@H](O)[C@@H]1O. The Morgan fingerprint density at radius 3 is 1.22 bits per heavy atom. The van der Waals surface area contributed by atoms with Crippen molar-refractivity contribution in [3.63, 3.8) is 0 Å². The van der Waals surface area contributed by atoms with E-state index in [4.69, 9.17) is 9.47 Å². The second-order valence-electron chi connectivity index (χ2n) is 7.61. The fraction of sp³-hybridized carbons (Fsp3) is 0.545. The molecule has 10 nitrogen and oxygen atoms in total. The third-order valence-electron chi connectivity index (χ3n) is 5.39. The van der Waals surface area contributed by atoms with Crippen LogP contribution in [-0.2, 0) is 9.47 Å². The Morgan fingerprint density at radius 2 is 0.906 bits per heavy atom. The zero-order valence-corrected chi connectivity index (χ0v) is 16.9. The lowest BCUT2D eigenvalue weighted by Gasteiger charge is -2.37. The zero-order valence-electron chi connectivity index (χ0n) is 16.9. The van der Waals surface area contributed by atoms with Crippen LogP contribution in [0.25, 0.3) is 0 Å². The molecule has 0 unspecified atom stereocenters. The molecule has 8 N–H and O–H groups in total. The minimum atomic E-state index is -1.50. The lowest BCUT2D eigenvalue weighted by Crippen LogP contribution is -2.58. The molecule has 2 aliphatic rings. The third-order valence-corrected chi connectivity index (χ3v) is 5.39. The Balaban J connectivity index is 1.67. The van der Waals surface area contributed by atoms with Crippen LogP contribution in [0.2, 0.25) is 0 Å². The molecular weight excluding hydrogens is 424 g/mol. The van der Waals surface area contributed by atoms with E-state index < -0.39 is 74.3 Å². The Kier molecular flexibility index (Phi) is 8.22. The molecule has 2 heterocycles. The summed E-state index contributed by atoms with van der Waals surface area (Å²) in [5, 5.41) is 77.6. The number of hydrogen-bond acceptors (Lipinski definition) is 10. The molecule has 1 aromatic rings. The molecule has 0 amide bonds. The molecule has 1 aromatic carbocycles. The Bertz CT molecular complexity index is 805. The highest BCUT2D eigenvalue weighted by molar-refractivity contribution is 5.43. The van der Waals surface area contributed by atoms with Crippen LogP contribution in [0.5, 0.6) is 0 Å². The molecule has 10 atom stereocenters. The van der Waals surface area contributed by atoms with Crippen molar-refractivity contribution in [2.75, 3.05) is 13.2 Å². The number of benzene rings is 1. The van der Waals surface area contributed by atoms with E-state index in [1.54, 1.807) is 24.3 Å². The Morgan fingerprint density at radius 1 is 0.562 bits per heavy atom. The van der Waals surface area contributed by atoms with Gasteiger partial charge in [-0.05, 0) is 24.3 Å². The maximum atomic E-state index is 10.0. The standard InChI is InChI=1S/C22H26O10/c23-9-15-19(27)21(29)17(25)13(31-15)7-5-11-1-2-12(4-3-11)6-8-14-18(26)22(30)20(28)16(10-24)32-14/h1-4,13-30H,9-10H2/t13-,14-,15-,16-,17-,18-,19-,20-,21-,22-/m1/s1. The van der Waals surface area contributed by atoms with Crippen molar-refractivity contribution in [1.82, 2.24) is 0 Å². The van der Waals surface area contributed by atoms with E-state index >= 15 is 0 Å². The van der Waals surface area contributed by atoms with Gasteiger partial charge < -0.3 is 50.3 Å². The van der Waals surface area contributed by atoms with E-state index in [2.05, 4.69) is 23.7 Å². The second-order valence-corrected chi connectivity index (χ2v) is 7.61. The molecule has 0 bridgehead atoms. The van der Waals surface area contributed by atoms with Gasteiger partial charge >= 0.3 is 0 Å². The van der Waals surface area contributed by atoms with Gasteiger partial charge in [0.05, 0.1) is 13.2 Å². The molecule has 10 heteroatoms. The van der Waals surface area contributed by atoms with Crippen molar-refractivity contribution in [3.8, 4) is 23.7 Å². The number of rotatable bonds is 2. The minimum Gasteiger partial charge on any atom is -0.394 e. The summed E-state index contributed by atoms with van der Waals surface area (Å²) in [5.74, 6) is 10.9. The summed E-state index contributed by atoms with van der Waals surface area (Å²) in [6.45, 7) is -1.07. The highest BCUT2D eigenvalue weighted by Crippen LogP contribution is 2.22. The van der Waals surface area contributed by atoms with Crippen molar-refractivity contribution in [3.05, 3.63) is 35.4 Å². The summed E-state index contributed by atoms with van der Waals surface area (Å²) in [7, 11) is 0. The maximum Gasteiger partial charge on any atom is 0.147 e. The molecule has 0 aliphatic carbocycles. The number of aliphatic hydroxyl groups excluding tert-OH is 8. The molecule has 0 saturated carbocycles. The van der Waals surface area contributed by atoms with Crippen molar-refractivity contribution in [2.45, 2.75) is 61.0 Å². The van der Waals surface area contributed by atoms with Crippen LogP contribution in [0, 0.1) is 23.7 Å². The predicted molar refractivity (Wildman–Crippen MR) is 108 cm³/mol. The van der Waals surface area contributed by atoms with E-state index in [0.717, 1.165) is 0 Å². The van der Waals surface area contributed by atoms with Gasteiger partial charge in [0, 0.05) is 11.1 Å². The second kappa shape index (κ2) is 10.7. The fourth-order valence-corrected chi connectivity index (χ4v) is 3.39. The van der Waals surface area contributed by atoms with Crippen LogP contribution in [0.4, 0.5) is 0 Å². The molecule has 2 aliphatic heterocycles. The van der Waals surface area contributed by atoms with Crippen LogP contribution < -0.4 is 0 Å². The van der Waals surface area contributed by atoms with Crippen molar-refractivity contribution in [1.29, 1.82) is 0 Å². The number of hydrogen-bond donors (Lipinski definition) is 8. The first-order chi connectivity index (χ1) is 15.3. The van der Waals surface area contributed by atoms with Gasteiger partial charge in [-0.3, -0.25) is 0 Å². The fourth-order valence-electron chi connectivity index (χ4n) is 3.39. The summed E-state index contributed by atoms with van der Waals surface area (Å²) in [6.07, 6.45) is -13.1. The number of ether oxygens (including phenoxy) is 2. The van der Waals surface area contributed by atoms with Gasteiger partial charge in [0.15, 0.2) is 0 Å². The molecular formula is C22H26O10. The van der Waals surface area contributed by atoms with Gasteiger partial charge in [-0.25, -0.2) is 0 Å². The first-order valence-electron chi connectivity index (χ1n) is 10.0. The Hall–Kier alpha value is -2.06. The molecule has 0 radical (unpaired) electrons. The van der Waals surface area contributed by atoms with Crippen molar-refractivity contribution >= 4 is 0 Å². The summed E-state index contributed by atoms with van der Waals surface area (Å²) in [4.78, 5) is 0. The van der Waals surface area contributed by atoms with Gasteiger partial charge in [0.2, 0.25) is 0 Å². The molecule has 32 heavy (non-hydrogen) atoms. The van der Waals surface area contributed by atoms with Crippen molar-refractivity contribution in [2.24, 2.45) is 0 Å².